The van der Waals surface area contributed by atoms with E-state index in [0.717, 1.165) is 12.0 Å². The summed E-state index contributed by atoms with van der Waals surface area (Å²) in [6, 6.07) is 15.7. The van der Waals surface area contributed by atoms with Gasteiger partial charge in [-0.15, -0.1) is 0 Å². The van der Waals surface area contributed by atoms with E-state index in [0.29, 0.717) is 26.1 Å². The third kappa shape index (κ3) is 4.44. The summed E-state index contributed by atoms with van der Waals surface area (Å²) >= 11 is 0. The molecule has 1 aliphatic heterocycles. The third-order valence-electron chi connectivity index (χ3n) is 4.48. The van der Waals surface area contributed by atoms with E-state index in [9.17, 15) is 14.0 Å². The molecule has 1 fully saturated rings. The number of nitrogens with zero attached hydrogens (tertiary/aromatic N) is 1. The van der Waals surface area contributed by atoms with Gasteiger partial charge in [0.1, 0.15) is 5.82 Å². The number of likely N-dealkylation sites (tertiary alicyclic amines) is 1. The molecule has 3 rings (SSSR count). The van der Waals surface area contributed by atoms with E-state index in [1.54, 1.807) is 17.0 Å². The normalized spacial score (nSPS) is 16.7. The zero-order chi connectivity index (χ0) is 17.6. The molecule has 5 heteroatoms. The summed E-state index contributed by atoms with van der Waals surface area (Å²) in [6.07, 6.45) is 1.15. The Morgan fingerprint density at radius 2 is 1.80 bits per heavy atom. The van der Waals surface area contributed by atoms with Crippen LogP contribution in [0.4, 0.5) is 4.39 Å². The van der Waals surface area contributed by atoms with Crippen LogP contribution >= 0.6 is 0 Å². The predicted molar refractivity (Wildman–Crippen MR) is 93.3 cm³/mol. The number of halogens is 1. The van der Waals surface area contributed by atoms with Crippen molar-refractivity contribution in [2.24, 2.45) is 5.92 Å². The van der Waals surface area contributed by atoms with Crippen LogP contribution in [0.1, 0.15) is 28.8 Å². The summed E-state index contributed by atoms with van der Waals surface area (Å²) in [7, 11) is 0. The Morgan fingerprint density at radius 3 is 2.56 bits per heavy atom. The van der Waals surface area contributed by atoms with Gasteiger partial charge in [0.2, 0.25) is 5.91 Å². The van der Waals surface area contributed by atoms with E-state index < -0.39 is 5.82 Å². The first kappa shape index (κ1) is 17.1. The summed E-state index contributed by atoms with van der Waals surface area (Å²) < 4.78 is 13.8. The molecule has 1 unspecified atom stereocenters. The molecule has 0 bridgehead atoms. The number of amides is 2. The highest BCUT2D eigenvalue weighted by Gasteiger charge is 2.29. The van der Waals surface area contributed by atoms with Crippen molar-refractivity contribution in [3.8, 4) is 0 Å². The van der Waals surface area contributed by atoms with Gasteiger partial charge in [-0.2, -0.15) is 0 Å². The lowest BCUT2D eigenvalue weighted by Crippen LogP contribution is -2.30. The SMILES string of the molecule is O=C(CC1CCN(C(=O)c2ccccc2F)C1)NCc1ccccc1. The zero-order valence-electron chi connectivity index (χ0n) is 14.0. The van der Waals surface area contributed by atoms with Crippen molar-refractivity contribution in [3.63, 3.8) is 0 Å². The fourth-order valence-corrected chi connectivity index (χ4v) is 3.12. The lowest BCUT2D eigenvalue weighted by molar-refractivity contribution is -0.122. The molecule has 1 heterocycles. The maximum Gasteiger partial charge on any atom is 0.256 e. The van der Waals surface area contributed by atoms with E-state index in [2.05, 4.69) is 5.32 Å². The number of rotatable bonds is 5. The highest BCUT2D eigenvalue weighted by molar-refractivity contribution is 5.94. The Bertz CT molecular complexity index is 748. The standard InChI is InChI=1S/C20H21FN2O2/c21-18-9-5-4-8-17(18)20(25)23-11-10-16(14-23)12-19(24)22-13-15-6-2-1-3-7-15/h1-9,16H,10-14H2,(H,22,24). The number of hydrogen-bond donors (Lipinski definition) is 1. The molecule has 0 aliphatic carbocycles. The summed E-state index contributed by atoms with van der Waals surface area (Å²) in [5.74, 6) is -0.706. The third-order valence-corrected chi connectivity index (χ3v) is 4.48. The number of carbonyl (C=O) groups is 2. The second-order valence-corrected chi connectivity index (χ2v) is 6.35. The Morgan fingerprint density at radius 1 is 1.08 bits per heavy atom. The van der Waals surface area contributed by atoms with Gasteiger partial charge in [-0.25, -0.2) is 4.39 Å². The second-order valence-electron chi connectivity index (χ2n) is 6.35. The highest BCUT2D eigenvalue weighted by atomic mass is 19.1. The van der Waals surface area contributed by atoms with Crippen LogP contribution in [0.5, 0.6) is 0 Å². The van der Waals surface area contributed by atoms with Crippen LogP contribution in [0.2, 0.25) is 0 Å². The van der Waals surface area contributed by atoms with Crippen LogP contribution in [0, 0.1) is 11.7 Å². The Hall–Kier alpha value is -2.69. The topological polar surface area (TPSA) is 49.4 Å². The van der Waals surface area contributed by atoms with Gasteiger partial charge in [-0.1, -0.05) is 42.5 Å². The van der Waals surface area contributed by atoms with Crippen molar-refractivity contribution in [3.05, 3.63) is 71.5 Å². The molecule has 0 aromatic heterocycles. The molecule has 1 atom stereocenters. The maximum absolute atomic E-state index is 13.8. The van der Waals surface area contributed by atoms with Crippen molar-refractivity contribution in [2.45, 2.75) is 19.4 Å². The number of hydrogen-bond acceptors (Lipinski definition) is 2. The van der Waals surface area contributed by atoms with E-state index in [4.69, 9.17) is 0 Å². The van der Waals surface area contributed by atoms with Gasteiger partial charge in [0, 0.05) is 26.1 Å². The number of benzene rings is 2. The number of nitrogens with one attached hydrogen (secondary N) is 1. The molecule has 130 valence electrons. The van der Waals surface area contributed by atoms with Crippen molar-refractivity contribution in [2.75, 3.05) is 13.1 Å². The Kier molecular flexibility index (Phi) is 5.43. The fourth-order valence-electron chi connectivity index (χ4n) is 3.12. The molecular formula is C20H21FN2O2. The first-order valence-electron chi connectivity index (χ1n) is 8.48. The van der Waals surface area contributed by atoms with Crippen LogP contribution in [0.25, 0.3) is 0 Å². The van der Waals surface area contributed by atoms with E-state index in [1.165, 1.54) is 12.1 Å². The summed E-state index contributed by atoms with van der Waals surface area (Å²) in [4.78, 5) is 26.1. The first-order valence-corrected chi connectivity index (χ1v) is 8.48. The molecule has 0 radical (unpaired) electrons. The van der Waals surface area contributed by atoms with Gasteiger partial charge in [-0.05, 0) is 30.0 Å². The smallest absolute Gasteiger partial charge is 0.256 e. The maximum atomic E-state index is 13.8. The molecule has 25 heavy (non-hydrogen) atoms. The van der Waals surface area contributed by atoms with E-state index >= 15 is 0 Å². The van der Waals surface area contributed by atoms with Crippen LogP contribution in [0.3, 0.4) is 0 Å². The minimum atomic E-state index is -0.503. The summed E-state index contributed by atoms with van der Waals surface area (Å²) in [5.41, 5.74) is 1.15. The van der Waals surface area contributed by atoms with Crippen molar-refractivity contribution >= 4 is 11.8 Å². The van der Waals surface area contributed by atoms with Crippen LogP contribution in [0.15, 0.2) is 54.6 Å². The molecule has 1 aliphatic rings. The molecule has 2 aromatic rings. The zero-order valence-corrected chi connectivity index (χ0v) is 14.0. The van der Waals surface area contributed by atoms with Gasteiger partial charge in [-0.3, -0.25) is 9.59 Å². The lowest BCUT2D eigenvalue weighted by atomic mass is 10.0. The van der Waals surface area contributed by atoms with Crippen LogP contribution in [-0.4, -0.2) is 29.8 Å². The molecular weight excluding hydrogens is 319 g/mol. The van der Waals surface area contributed by atoms with Crippen molar-refractivity contribution in [1.82, 2.24) is 10.2 Å². The minimum absolute atomic E-state index is 0.0194. The lowest BCUT2D eigenvalue weighted by Gasteiger charge is -2.17. The average molecular weight is 340 g/mol. The molecule has 2 amide bonds. The quantitative estimate of drug-likeness (QED) is 0.910. The Balaban J connectivity index is 1.48. The predicted octanol–water partition coefficient (Wildman–Crippen LogP) is 2.99. The summed E-state index contributed by atoms with van der Waals surface area (Å²) in [6.45, 7) is 1.56. The summed E-state index contributed by atoms with van der Waals surface area (Å²) in [5, 5.41) is 2.91. The van der Waals surface area contributed by atoms with Crippen molar-refractivity contribution < 1.29 is 14.0 Å². The van der Waals surface area contributed by atoms with Crippen LogP contribution in [-0.2, 0) is 11.3 Å². The van der Waals surface area contributed by atoms with Crippen molar-refractivity contribution in [1.29, 1.82) is 0 Å². The molecule has 2 aromatic carbocycles. The Labute approximate surface area is 146 Å². The minimum Gasteiger partial charge on any atom is -0.352 e. The van der Waals surface area contributed by atoms with E-state index in [1.807, 2.05) is 30.3 Å². The molecule has 4 nitrogen and oxygen atoms in total. The van der Waals surface area contributed by atoms with Gasteiger partial charge in [0.15, 0.2) is 0 Å². The highest BCUT2D eigenvalue weighted by Crippen LogP contribution is 2.22. The molecule has 0 saturated carbocycles. The molecule has 0 spiro atoms. The monoisotopic (exact) mass is 340 g/mol. The van der Waals surface area contributed by atoms with Gasteiger partial charge < -0.3 is 10.2 Å². The average Bonchev–Trinajstić information content (AvgIpc) is 3.09. The number of carbonyl (C=O) groups excluding carboxylic acids is 2. The fraction of sp³-hybridized carbons (Fsp3) is 0.300. The van der Waals surface area contributed by atoms with Gasteiger partial charge in [0.05, 0.1) is 5.56 Å². The van der Waals surface area contributed by atoms with Gasteiger partial charge >= 0.3 is 0 Å². The van der Waals surface area contributed by atoms with E-state index in [-0.39, 0.29) is 23.3 Å². The molecule has 1 N–H and O–H groups in total. The molecule has 1 saturated heterocycles. The van der Waals surface area contributed by atoms with Gasteiger partial charge in [0.25, 0.3) is 5.91 Å². The first-order chi connectivity index (χ1) is 12.1. The largest absolute Gasteiger partial charge is 0.352 e. The van der Waals surface area contributed by atoms with Crippen LogP contribution < -0.4 is 5.32 Å². The second kappa shape index (κ2) is 7.92.